The summed E-state index contributed by atoms with van der Waals surface area (Å²) in [4.78, 5) is 26.5. The van der Waals surface area contributed by atoms with Crippen LogP contribution in [0.2, 0.25) is 0 Å². The average Bonchev–Trinajstić information content (AvgIpc) is 2.91. The van der Waals surface area contributed by atoms with E-state index >= 15 is 0 Å². The number of nitrogens with zero attached hydrogens (tertiary/aromatic N) is 2. The Balaban J connectivity index is 1.90. The molecule has 2 heterocycles. The third-order valence-electron chi connectivity index (χ3n) is 4.78. The largest absolute Gasteiger partial charge is 0.385 e. The average molecular weight is 359 g/mol. The fourth-order valence-corrected chi connectivity index (χ4v) is 3.43. The molecule has 26 heavy (non-hydrogen) atoms. The molecule has 0 aliphatic carbocycles. The lowest BCUT2D eigenvalue weighted by atomic mass is 9.99. The van der Waals surface area contributed by atoms with E-state index in [9.17, 15) is 14.7 Å². The smallest absolute Gasteiger partial charge is 0.256 e. The number of para-hydroxylation sites is 1. The van der Waals surface area contributed by atoms with Crippen LogP contribution < -0.4 is 5.32 Å². The van der Waals surface area contributed by atoms with Crippen LogP contribution in [0, 0.1) is 0 Å². The van der Waals surface area contributed by atoms with Crippen molar-refractivity contribution in [3.8, 4) is 0 Å². The topological polar surface area (TPSA) is 83.8 Å². The summed E-state index contributed by atoms with van der Waals surface area (Å²) < 4.78 is 7.49. The summed E-state index contributed by atoms with van der Waals surface area (Å²) >= 11 is 0. The number of hydrogen-bond acceptors (Lipinski definition) is 4. The van der Waals surface area contributed by atoms with Crippen molar-refractivity contribution in [2.75, 3.05) is 33.4 Å². The molecule has 7 heteroatoms. The molecule has 0 saturated carbocycles. The molecule has 2 amide bonds. The van der Waals surface area contributed by atoms with Crippen molar-refractivity contribution in [3.63, 3.8) is 0 Å². The van der Waals surface area contributed by atoms with E-state index in [1.54, 1.807) is 4.90 Å². The predicted octanol–water partition coefficient (Wildman–Crippen LogP) is 1.00. The van der Waals surface area contributed by atoms with E-state index in [2.05, 4.69) is 5.32 Å². The minimum absolute atomic E-state index is 0.0287. The highest BCUT2D eigenvalue weighted by Gasteiger charge is 2.37. The van der Waals surface area contributed by atoms with Gasteiger partial charge >= 0.3 is 0 Å². The van der Waals surface area contributed by atoms with Gasteiger partial charge in [0.2, 0.25) is 5.91 Å². The number of nitrogens with one attached hydrogen (secondary N) is 1. The van der Waals surface area contributed by atoms with Crippen LogP contribution in [0.15, 0.2) is 30.5 Å². The lowest BCUT2D eigenvalue weighted by molar-refractivity contribution is -0.128. The molecule has 0 bridgehead atoms. The van der Waals surface area contributed by atoms with Gasteiger partial charge in [-0.2, -0.15) is 0 Å². The second-order valence-corrected chi connectivity index (χ2v) is 6.70. The molecule has 3 rings (SSSR count). The normalized spacial score (nSPS) is 20.8. The fraction of sp³-hybridized carbons (Fsp3) is 0.474. The van der Waals surface area contributed by atoms with E-state index in [1.165, 1.54) is 7.05 Å². The summed E-state index contributed by atoms with van der Waals surface area (Å²) in [7, 11) is 1.52. The van der Waals surface area contributed by atoms with Gasteiger partial charge in [-0.15, -0.1) is 0 Å². The lowest BCUT2D eigenvalue weighted by Gasteiger charge is -2.30. The summed E-state index contributed by atoms with van der Waals surface area (Å²) in [5.74, 6) is -0.442. The second-order valence-electron chi connectivity index (χ2n) is 6.70. The highest BCUT2D eigenvalue weighted by atomic mass is 16.5. The van der Waals surface area contributed by atoms with Crippen LogP contribution in [0.25, 0.3) is 10.9 Å². The molecule has 2 N–H and O–H groups in total. The van der Waals surface area contributed by atoms with Crippen LogP contribution in [0.5, 0.6) is 0 Å². The number of aromatic nitrogens is 1. The van der Waals surface area contributed by atoms with Crippen molar-refractivity contribution >= 4 is 22.7 Å². The standard InChI is InChI=1S/C19H25N3O4/c1-3-21-11-15(14-6-4-5-7-16(14)21)18(24)22-8-9-26-13-19(25,12-22)10-17(23)20-2/h4-7,11,25H,3,8-10,12-13H2,1-2H3,(H,20,23). The second kappa shape index (κ2) is 7.47. The Kier molecular flexibility index (Phi) is 5.29. The molecule has 1 aliphatic rings. The van der Waals surface area contributed by atoms with Crippen molar-refractivity contribution < 1.29 is 19.4 Å². The number of amides is 2. The van der Waals surface area contributed by atoms with Gasteiger partial charge in [-0.05, 0) is 13.0 Å². The van der Waals surface area contributed by atoms with Gasteiger partial charge in [-0.3, -0.25) is 9.59 Å². The number of aryl methyl sites for hydroxylation is 1. The van der Waals surface area contributed by atoms with Crippen LogP contribution in [0.4, 0.5) is 0 Å². The zero-order chi connectivity index (χ0) is 18.7. The van der Waals surface area contributed by atoms with Gasteiger partial charge in [0.1, 0.15) is 5.60 Å². The van der Waals surface area contributed by atoms with Crippen LogP contribution in [0.3, 0.4) is 0 Å². The number of carbonyl (C=O) groups excluding carboxylic acids is 2. The quantitative estimate of drug-likeness (QED) is 0.853. The Morgan fingerprint density at radius 3 is 2.85 bits per heavy atom. The molecule has 1 unspecified atom stereocenters. The Hall–Kier alpha value is -2.38. The number of rotatable bonds is 4. The monoisotopic (exact) mass is 359 g/mol. The van der Waals surface area contributed by atoms with Gasteiger partial charge in [-0.1, -0.05) is 18.2 Å². The van der Waals surface area contributed by atoms with Crippen molar-refractivity contribution in [2.45, 2.75) is 25.5 Å². The molecule has 1 aliphatic heterocycles. The Labute approximate surface area is 152 Å². The van der Waals surface area contributed by atoms with Gasteiger partial charge in [0.05, 0.1) is 31.7 Å². The van der Waals surface area contributed by atoms with Gasteiger partial charge < -0.3 is 24.6 Å². The first-order chi connectivity index (χ1) is 12.5. The number of carbonyl (C=O) groups is 2. The number of ether oxygens (including phenoxy) is 1. The highest BCUT2D eigenvalue weighted by molar-refractivity contribution is 6.07. The molecule has 0 spiro atoms. The van der Waals surface area contributed by atoms with Gasteiger partial charge in [-0.25, -0.2) is 0 Å². The molecule has 0 radical (unpaired) electrons. The molecule has 1 fully saturated rings. The Morgan fingerprint density at radius 2 is 2.12 bits per heavy atom. The number of hydrogen-bond donors (Lipinski definition) is 2. The summed E-state index contributed by atoms with van der Waals surface area (Å²) in [5, 5.41) is 14.2. The fourth-order valence-electron chi connectivity index (χ4n) is 3.43. The van der Waals surface area contributed by atoms with Gasteiger partial charge in [0.15, 0.2) is 0 Å². The first-order valence-corrected chi connectivity index (χ1v) is 8.85. The minimum atomic E-state index is -1.39. The maximum atomic E-state index is 13.2. The van der Waals surface area contributed by atoms with Crippen LogP contribution in [0.1, 0.15) is 23.7 Å². The molecule has 7 nitrogen and oxygen atoms in total. The zero-order valence-corrected chi connectivity index (χ0v) is 15.2. The van der Waals surface area contributed by atoms with E-state index in [-0.39, 0.29) is 31.4 Å². The van der Waals surface area contributed by atoms with E-state index in [1.807, 2.05) is 42.0 Å². The van der Waals surface area contributed by atoms with Crippen molar-refractivity contribution in [1.29, 1.82) is 0 Å². The molecule has 1 saturated heterocycles. The van der Waals surface area contributed by atoms with Gasteiger partial charge in [0, 0.05) is 37.2 Å². The number of benzene rings is 1. The van der Waals surface area contributed by atoms with E-state index in [4.69, 9.17) is 4.74 Å². The molecule has 1 aromatic carbocycles. The summed E-state index contributed by atoms with van der Waals surface area (Å²) in [6.07, 6.45) is 1.75. The molecule has 140 valence electrons. The van der Waals surface area contributed by atoms with Crippen LogP contribution in [-0.2, 0) is 16.1 Å². The maximum Gasteiger partial charge on any atom is 0.256 e. The number of fused-ring (bicyclic) bond motifs is 1. The molecule has 2 aromatic rings. The summed E-state index contributed by atoms with van der Waals surface area (Å²) in [6, 6.07) is 7.78. The summed E-state index contributed by atoms with van der Waals surface area (Å²) in [5.41, 5.74) is 0.215. The molecule has 1 atom stereocenters. The first kappa shape index (κ1) is 18.4. The first-order valence-electron chi connectivity index (χ1n) is 8.85. The highest BCUT2D eigenvalue weighted by Crippen LogP contribution is 2.25. The Morgan fingerprint density at radius 1 is 1.35 bits per heavy atom. The lowest BCUT2D eigenvalue weighted by Crippen LogP contribution is -2.49. The third-order valence-corrected chi connectivity index (χ3v) is 4.78. The number of β-amino-alcohol motifs (C(OH)–C–C–N with tert-alkyl or cyclic N) is 1. The SMILES string of the molecule is CCn1cc(C(=O)N2CCOCC(O)(CC(=O)NC)C2)c2ccccc21. The van der Waals surface area contributed by atoms with E-state index in [0.717, 1.165) is 17.4 Å². The van der Waals surface area contributed by atoms with Crippen LogP contribution in [-0.4, -0.2) is 65.3 Å². The molecular weight excluding hydrogens is 334 g/mol. The maximum absolute atomic E-state index is 13.2. The van der Waals surface area contributed by atoms with E-state index < -0.39 is 5.60 Å². The van der Waals surface area contributed by atoms with Crippen LogP contribution >= 0.6 is 0 Å². The van der Waals surface area contributed by atoms with Crippen molar-refractivity contribution in [1.82, 2.24) is 14.8 Å². The Bertz CT molecular complexity index is 816. The van der Waals surface area contributed by atoms with E-state index in [0.29, 0.717) is 18.7 Å². The van der Waals surface area contributed by atoms with Crippen molar-refractivity contribution in [3.05, 3.63) is 36.0 Å². The molecule has 1 aromatic heterocycles. The van der Waals surface area contributed by atoms with Crippen molar-refractivity contribution in [2.24, 2.45) is 0 Å². The minimum Gasteiger partial charge on any atom is -0.385 e. The number of aliphatic hydroxyl groups is 1. The summed E-state index contributed by atoms with van der Waals surface area (Å²) in [6.45, 7) is 3.58. The van der Waals surface area contributed by atoms with Gasteiger partial charge in [0.25, 0.3) is 5.91 Å². The predicted molar refractivity (Wildman–Crippen MR) is 98.0 cm³/mol. The zero-order valence-electron chi connectivity index (χ0n) is 15.2. The third kappa shape index (κ3) is 3.59. The molecular formula is C19H25N3O4.